The second-order valence-corrected chi connectivity index (χ2v) is 4.86. The van der Waals surface area contributed by atoms with Crippen molar-refractivity contribution < 1.29 is 9.53 Å². The monoisotopic (exact) mass is 278 g/mol. The molecule has 7 heteroatoms. The average molecular weight is 278 g/mol. The van der Waals surface area contributed by atoms with Gasteiger partial charge in [-0.25, -0.2) is 0 Å². The number of nitrogens with zero attached hydrogens (tertiary/aromatic N) is 2. The van der Waals surface area contributed by atoms with Gasteiger partial charge in [-0.15, -0.1) is 10.2 Å². The van der Waals surface area contributed by atoms with Crippen molar-refractivity contribution in [1.82, 2.24) is 10.2 Å². The molecule has 0 aliphatic carbocycles. The minimum atomic E-state index is -0.157. The van der Waals surface area contributed by atoms with Gasteiger partial charge in [-0.2, -0.15) is 0 Å². The fourth-order valence-electron chi connectivity index (χ4n) is 1.58. The molecule has 0 unspecified atom stereocenters. The molecular weight excluding hydrogens is 264 g/mol. The van der Waals surface area contributed by atoms with E-state index in [1.54, 1.807) is 19.2 Å². The van der Waals surface area contributed by atoms with Crippen LogP contribution in [-0.4, -0.2) is 23.2 Å². The van der Waals surface area contributed by atoms with Crippen molar-refractivity contribution in [2.24, 2.45) is 5.73 Å². The Morgan fingerprint density at radius 2 is 2.26 bits per heavy atom. The van der Waals surface area contributed by atoms with Gasteiger partial charge < -0.3 is 15.8 Å². The van der Waals surface area contributed by atoms with Crippen molar-refractivity contribution in [3.05, 3.63) is 23.2 Å². The van der Waals surface area contributed by atoms with Crippen LogP contribution in [0, 0.1) is 0 Å². The number of amides is 1. The predicted octanol–water partition coefficient (Wildman–Crippen LogP) is 1.63. The van der Waals surface area contributed by atoms with E-state index >= 15 is 0 Å². The van der Waals surface area contributed by atoms with Crippen molar-refractivity contribution in [1.29, 1.82) is 0 Å². The Hall–Kier alpha value is -1.99. The van der Waals surface area contributed by atoms with Crippen LogP contribution in [0.2, 0.25) is 0 Å². The van der Waals surface area contributed by atoms with E-state index in [2.05, 4.69) is 15.5 Å². The number of ether oxygens (including phenoxy) is 1. The van der Waals surface area contributed by atoms with Gasteiger partial charge in [0.15, 0.2) is 0 Å². The normalized spacial score (nSPS) is 10.3. The van der Waals surface area contributed by atoms with Gasteiger partial charge >= 0.3 is 0 Å². The first-order chi connectivity index (χ1) is 9.13. The van der Waals surface area contributed by atoms with E-state index < -0.39 is 0 Å². The first kappa shape index (κ1) is 13.4. The number of methoxy groups -OCH3 is 1. The van der Waals surface area contributed by atoms with E-state index in [4.69, 9.17) is 10.5 Å². The molecule has 0 spiro atoms. The smallest absolute Gasteiger partial charge is 0.221 e. The molecule has 0 saturated heterocycles. The SMILES string of the molecule is COc1ccc(-c2nnc(CN)s2)cc1NC(C)=O. The zero-order valence-corrected chi connectivity index (χ0v) is 11.5. The van der Waals surface area contributed by atoms with E-state index in [9.17, 15) is 4.79 Å². The summed E-state index contributed by atoms with van der Waals surface area (Å²) in [6.07, 6.45) is 0. The molecule has 0 fully saturated rings. The number of nitrogens with one attached hydrogen (secondary N) is 1. The number of benzene rings is 1. The number of hydrogen-bond acceptors (Lipinski definition) is 6. The van der Waals surface area contributed by atoms with Gasteiger partial charge in [-0.3, -0.25) is 4.79 Å². The highest BCUT2D eigenvalue weighted by molar-refractivity contribution is 7.14. The first-order valence-corrected chi connectivity index (χ1v) is 6.44. The molecule has 6 nitrogen and oxygen atoms in total. The lowest BCUT2D eigenvalue weighted by atomic mass is 10.2. The van der Waals surface area contributed by atoms with Crippen LogP contribution in [0.1, 0.15) is 11.9 Å². The zero-order chi connectivity index (χ0) is 13.8. The van der Waals surface area contributed by atoms with Gasteiger partial charge in [-0.1, -0.05) is 11.3 Å². The van der Waals surface area contributed by atoms with Crippen LogP contribution >= 0.6 is 11.3 Å². The number of hydrogen-bond donors (Lipinski definition) is 2. The van der Waals surface area contributed by atoms with Gasteiger partial charge in [-0.05, 0) is 18.2 Å². The summed E-state index contributed by atoms with van der Waals surface area (Å²) in [5.41, 5.74) is 6.98. The molecule has 1 aromatic heterocycles. The standard InChI is InChI=1S/C12H14N4O2S/c1-7(17)14-9-5-8(3-4-10(9)18-2)12-16-15-11(6-13)19-12/h3-5H,6,13H2,1-2H3,(H,14,17). The van der Waals surface area contributed by atoms with Gasteiger partial charge in [0.2, 0.25) is 5.91 Å². The van der Waals surface area contributed by atoms with Crippen LogP contribution in [-0.2, 0) is 11.3 Å². The Morgan fingerprint density at radius 1 is 1.47 bits per heavy atom. The third-order valence-corrected chi connectivity index (χ3v) is 3.39. The summed E-state index contributed by atoms with van der Waals surface area (Å²) in [4.78, 5) is 11.2. The molecule has 0 bridgehead atoms. The Balaban J connectivity index is 2.38. The summed E-state index contributed by atoms with van der Waals surface area (Å²) in [7, 11) is 1.55. The van der Waals surface area contributed by atoms with Gasteiger partial charge in [0.1, 0.15) is 15.8 Å². The molecule has 0 aliphatic rings. The molecule has 100 valence electrons. The number of carbonyl (C=O) groups excluding carboxylic acids is 1. The Labute approximate surface area is 114 Å². The van der Waals surface area contributed by atoms with Gasteiger partial charge in [0.25, 0.3) is 0 Å². The molecule has 3 N–H and O–H groups in total. The first-order valence-electron chi connectivity index (χ1n) is 5.62. The highest BCUT2D eigenvalue weighted by atomic mass is 32.1. The van der Waals surface area contributed by atoms with E-state index in [0.29, 0.717) is 18.0 Å². The summed E-state index contributed by atoms with van der Waals surface area (Å²) >= 11 is 1.43. The Morgan fingerprint density at radius 3 is 2.84 bits per heavy atom. The second-order valence-electron chi connectivity index (χ2n) is 3.80. The zero-order valence-electron chi connectivity index (χ0n) is 10.6. The fraction of sp³-hybridized carbons (Fsp3) is 0.250. The minimum Gasteiger partial charge on any atom is -0.495 e. The number of rotatable bonds is 4. The second kappa shape index (κ2) is 5.77. The summed E-state index contributed by atoms with van der Waals surface area (Å²) < 4.78 is 5.20. The summed E-state index contributed by atoms with van der Waals surface area (Å²) in [6.45, 7) is 1.82. The molecule has 2 rings (SSSR count). The topological polar surface area (TPSA) is 90.1 Å². The van der Waals surface area contributed by atoms with Crippen LogP contribution in [0.4, 0.5) is 5.69 Å². The quantitative estimate of drug-likeness (QED) is 0.887. The largest absolute Gasteiger partial charge is 0.495 e. The third-order valence-electron chi connectivity index (χ3n) is 2.40. The third kappa shape index (κ3) is 3.07. The molecule has 0 atom stereocenters. The summed E-state index contributed by atoms with van der Waals surface area (Å²) in [6, 6.07) is 5.45. The van der Waals surface area contributed by atoms with Crippen molar-refractivity contribution in [3.8, 4) is 16.3 Å². The Bertz CT molecular complexity index is 597. The van der Waals surface area contributed by atoms with Crippen LogP contribution < -0.4 is 15.8 Å². The van der Waals surface area contributed by atoms with E-state index in [1.165, 1.54) is 18.3 Å². The number of nitrogens with two attached hydrogens (primary N) is 1. The van der Waals surface area contributed by atoms with Crippen molar-refractivity contribution >= 4 is 22.9 Å². The lowest BCUT2D eigenvalue weighted by Gasteiger charge is -2.09. The maximum Gasteiger partial charge on any atom is 0.221 e. The van der Waals surface area contributed by atoms with Crippen LogP contribution in [0.15, 0.2) is 18.2 Å². The lowest BCUT2D eigenvalue weighted by molar-refractivity contribution is -0.114. The molecule has 1 heterocycles. The van der Waals surface area contributed by atoms with Crippen molar-refractivity contribution in [2.75, 3.05) is 12.4 Å². The molecule has 1 amide bonds. The average Bonchev–Trinajstić information content (AvgIpc) is 2.86. The van der Waals surface area contributed by atoms with E-state index in [1.807, 2.05) is 6.07 Å². The predicted molar refractivity (Wildman–Crippen MR) is 74.1 cm³/mol. The maximum atomic E-state index is 11.2. The van der Waals surface area contributed by atoms with Crippen LogP contribution in [0.3, 0.4) is 0 Å². The fourth-order valence-corrected chi connectivity index (χ4v) is 2.30. The molecule has 0 radical (unpaired) electrons. The van der Waals surface area contributed by atoms with E-state index in [-0.39, 0.29) is 5.91 Å². The molecular formula is C12H14N4O2S. The van der Waals surface area contributed by atoms with Gasteiger partial charge in [0, 0.05) is 19.0 Å². The van der Waals surface area contributed by atoms with Crippen LogP contribution in [0.25, 0.3) is 10.6 Å². The highest BCUT2D eigenvalue weighted by Gasteiger charge is 2.10. The van der Waals surface area contributed by atoms with E-state index in [0.717, 1.165) is 15.6 Å². The lowest BCUT2D eigenvalue weighted by Crippen LogP contribution is -2.07. The van der Waals surface area contributed by atoms with Gasteiger partial charge in [0.05, 0.1) is 12.8 Å². The van der Waals surface area contributed by atoms with Crippen LogP contribution in [0.5, 0.6) is 5.75 Å². The minimum absolute atomic E-state index is 0.157. The molecule has 2 aromatic rings. The summed E-state index contributed by atoms with van der Waals surface area (Å²) in [5.74, 6) is 0.442. The Kier molecular flexibility index (Phi) is 4.08. The van der Waals surface area contributed by atoms with Crippen molar-refractivity contribution in [2.45, 2.75) is 13.5 Å². The maximum absolute atomic E-state index is 11.2. The molecule has 0 aliphatic heterocycles. The van der Waals surface area contributed by atoms with Crippen molar-refractivity contribution in [3.63, 3.8) is 0 Å². The number of aromatic nitrogens is 2. The molecule has 0 saturated carbocycles. The number of anilines is 1. The highest BCUT2D eigenvalue weighted by Crippen LogP contribution is 2.31. The number of carbonyl (C=O) groups is 1. The molecule has 19 heavy (non-hydrogen) atoms. The summed E-state index contributed by atoms with van der Waals surface area (Å²) in [5, 5.41) is 12.3. The molecule has 1 aromatic carbocycles.